The predicted molar refractivity (Wildman–Crippen MR) is 50.4 cm³/mol. The van der Waals surface area contributed by atoms with Gasteiger partial charge >= 0.3 is 0 Å². The van der Waals surface area contributed by atoms with Crippen molar-refractivity contribution in [3.63, 3.8) is 0 Å². The zero-order valence-corrected chi connectivity index (χ0v) is 7.78. The van der Waals surface area contributed by atoms with E-state index in [0.29, 0.717) is 11.9 Å². The molecule has 2 unspecified atom stereocenters. The second-order valence-corrected chi connectivity index (χ2v) is 3.52. The molecule has 5 heteroatoms. The molecule has 0 aromatic carbocycles. The first-order chi connectivity index (χ1) is 6.27. The second kappa shape index (κ2) is 3.16. The molecule has 1 aromatic rings. The Hall–Kier alpha value is -1.39. The lowest BCUT2D eigenvalue weighted by molar-refractivity contribution is 0.418. The normalized spacial score (nSPS) is 30.2. The van der Waals surface area contributed by atoms with Crippen LogP contribution in [0.3, 0.4) is 0 Å². The maximum atomic E-state index is 4.24. The molecule has 2 N–H and O–H groups in total. The van der Waals surface area contributed by atoms with Gasteiger partial charge in [-0.15, -0.1) is 0 Å². The lowest BCUT2D eigenvalue weighted by Crippen LogP contribution is -2.33. The Morgan fingerprint density at radius 3 is 3.00 bits per heavy atom. The van der Waals surface area contributed by atoms with Crippen molar-refractivity contribution in [3.8, 4) is 0 Å². The van der Waals surface area contributed by atoms with Crippen LogP contribution >= 0.6 is 0 Å². The number of anilines is 1. The van der Waals surface area contributed by atoms with Crippen LogP contribution in [0.1, 0.15) is 20.3 Å². The van der Waals surface area contributed by atoms with Crippen molar-refractivity contribution in [2.75, 3.05) is 5.43 Å². The van der Waals surface area contributed by atoms with Crippen molar-refractivity contribution in [1.29, 1.82) is 0 Å². The fourth-order valence-electron chi connectivity index (χ4n) is 1.39. The number of aromatic amines is 1. The zero-order chi connectivity index (χ0) is 9.26. The topological polar surface area (TPSA) is 66.0 Å². The van der Waals surface area contributed by atoms with E-state index in [1.807, 2.05) is 0 Å². The number of hydrazone groups is 1. The van der Waals surface area contributed by atoms with Gasteiger partial charge in [-0.3, -0.25) is 0 Å². The molecule has 0 saturated heterocycles. The maximum absolute atomic E-state index is 4.24. The summed E-state index contributed by atoms with van der Waals surface area (Å²) in [6.07, 6.45) is 2.54. The zero-order valence-electron chi connectivity index (χ0n) is 7.78. The predicted octanol–water partition coefficient (Wildman–Crippen LogP) is 1.25. The number of nitrogens with one attached hydrogen (secondary N) is 2. The molecule has 1 aliphatic carbocycles. The summed E-state index contributed by atoms with van der Waals surface area (Å²) >= 11 is 0. The van der Waals surface area contributed by atoms with Gasteiger partial charge in [-0.1, -0.05) is 13.8 Å². The Morgan fingerprint density at radius 2 is 2.46 bits per heavy atom. The van der Waals surface area contributed by atoms with Crippen LogP contribution in [0.4, 0.5) is 5.95 Å². The first-order valence-electron chi connectivity index (χ1n) is 4.45. The monoisotopic (exact) mass is 179 g/mol. The Balaban J connectivity index is 1.92. The molecule has 0 bridgehead atoms. The summed E-state index contributed by atoms with van der Waals surface area (Å²) in [4.78, 5) is 3.91. The highest BCUT2D eigenvalue weighted by molar-refractivity contribution is 5.92. The molecule has 13 heavy (non-hydrogen) atoms. The third-order valence-electron chi connectivity index (χ3n) is 2.63. The maximum Gasteiger partial charge on any atom is 0.239 e. The number of rotatable bonds is 2. The molecule has 1 aliphatic rings. The quantitative estimate of drug-likeness (QED) is 0.671. The van der Waals surface area contributed by atoms with Gasteiger partial charge in [0.05, 0.1) is 0 Å². The van der Waals surface area contributed by atoms with Gasteiger partial charge in [0, 0.05) is 5.71 Å². The summed E-state index contributed by atoms with van der Waals surface area (Å²) in [5.74, 6) is 1.95. The van der Waals surface area contributed by atoms with E-state index in [-0.39, 0.29) is 0 Å². The van der Waals surface area contributed by atoms with E-state index in [0.717, 1.165) is 12.3 Å². The Kier molecular flexibility index (Phi) is 2.00. The molecular weight excluding hydrogens is 166 g/mol. The van der Waals surface area contributed by atoms with Crippen molar-refractivity contribution < 1.29 is 0 Å². The Bertz CT molecular complexity index is 302. The number of hydrogen-bond acceptors (Lipinski definition) is 4. The first kappa shape index (κ1) is 8.22. The van der Waals surface area contributed by atoms with Crippen LogP contribution in [0, 0.1) is 11.8 Å². The van der Waals surface area contributed by atoms with Crippen molar-refractivity contribution in [3.05, 3.63) is 6.33 Å². The number of H-pyrrole nitrogens is 1. The summed E-state index contributed by atoms with van der Waals surface area (Å²) in [5, 5.41) is 10.6. The number of nitrogens with zero attached hydrogens (tertiary/aromatic N) is 3. The highest BCUT2D eigenvalue weighted by Crippen LogP contribution is 2.30. The molecule has 0 amide bonds. The highest BCUT2D eigenvalue weighted by atomic mass is 15.4. The molecule has 2 atom stereocenters. The molecule has 70 valence electrons. The van der Waals surface area contributed by atoms with E-state index in [2.05, 4.69) is 39.6 Å². The van der Waals surface area contributed by atoms with Gasteiger partial charge in [0.1, 0.15) is 6.33 Å². The average Bonchev–Trinajstić information content (AvgIpc) is 2.64. The molecular formula is C8H13N5. The summed E-state index contributed by atoms with van der Waals surface area (Å²) in [6.45, 7) is 4.42. The van der Waals surface area contributed by atoms with Crippen molar-refractivity contribution in [2.45, 2.75) is 20.3 Å². The van der Waals surface area contributed by atoms with E-state index < -0.39 is 0 Å². The third kappa shape index (κ3) is 1.54. The standard InChI is InChI=1S/C8H13N5/c1-5-3-7(6(5)2)11-13-8-9-4-10-12-8/h4-6H,3H2,1-2H3,(H2,9,10,12,13)/b11-7+. The van der Waals surface area contributed by atoms with E-state index in [1.165, 1.54) is 12.0 Å². The molecule has 1 saturated carbocycles. The number of aromatic nitrogens is 3. The molecule has 1 fully saturated rings. The largest absolute Gasteiger partial charge is 0.246 e. The van der Waals surface area contributed by atoms with Gasteiger partial charge in [-0.25, -0.2) is 10.5 Å². The minimum absolute atomic E-state index is 0.593. The fraction of sp³-hybridized carbons (Fsp3) is 0.625. The summed E-state index contributed by atoms with van der Waals surface area (Å²) in [5.41, 5.74) is 4.05. The Labute approximate surface area is 76.6 Å². The van der Waals surface area contributed by atoms with E-state index in [1.54, 1.807) is 0 Å². The molecule has 1 heterocycles. The van der Waals surface area contributed by atoms with Crippen molar-refractivity contribution in [2.24, 2.45) is 16.9 Å². The average molecular weight is 179 g/mol. The summed E-state index contributed by atoms with van der Waals surface area (Å²) < 4.78 is 0. The minimum atomic E-state index is 0.593. The number of hydrogen-bond donors (Lipinski definition) is 2. The van der Waals surface area contributed by atoms with E-state index in [9.17, 15) is 0 Å². The smallest absolute Gasteiger partial charge is 0.239 e. The van der Waals surface area contributed by atoms with Crippen molar-refractivity contribution >= 4 is 11.7 Å². The van der Waals surface area contributed by atoms with Gasteiger partial charge in [0.2, 0.25) is 5.95 Å². The first-order valence-corrected chi connectivity index (χ1v) is 4.45. The second-order valence-electron chi connectivity index (χ2n) is 3.52. The van der Waals surface area contributed by atoms with Gasteiger partial charge in [-0.05, 0) is 18.3 Å². The van der Waals surface area contributed by atoms with Gasteiger partial charge < -0.3 is 0 Å². The van der Waals surface area contributed by atoms with Crippen LogP contribution in [-0.2, 0) is 0 Å². The van der Waals surface area contributed by atoms with Crippen LogP contribution in [0.15, 0.2) is 11.4 Å². The fourth-order valence-corrected chi connectivity index (χ4v) is 1.39. The van der Waals surface area contributed by atoms with Crippen LogP contribution in [-0.4, -0.2) is 20.9 Å². The molecule has 0 aliphatic heterocycles. The highest BCUT2D eigenvalue weighted by Gasteiger charge is 2.29. The molecule has 1 aromatic heterocycles. The summed E-state index contributed by atoms with van der Waals surface area (Å²) in [7, 11) is 0. The van der Waals surface area contributed by atoms with Gasteiger partial charge in [0.15, 0.2) is 0 Å². The lowest BCUT2D eigenvalue weighted by Gasteiger charge is -2.32. The SMILES string of the molecule is CC1C/C(=N\Nc2ncn[nH]2)C1C. The molecule has 5 nitrogen and oxygen atoms in total. The minimum Gasteiger partial charge on any atom is -0.246 e. The molecule has 0 radical (unpaired) electrons. The van der Waals surface area contributed by atoms with E-state index >= 15 is 0 Å². The van der Waals surface area contributed by atoms with E-state index in [4.69, 9.17) is 0 Å². The Morgan fingerprint density at radius 1 is 1.62 bits per heavy atom. The third-order valence-corrected chi connectivity index (χ3v) is 2.63. The lowest BCUT2D eigenvalue weighted by atomic mass is 9.74. The van der Waals surface area contributed by atoms with Crippen LogP contribution < -0.4 is 5.43 Å². The molecule has 0 spiro atoms. The summed E-state index contributed by atoms with van der Waals surface area (Å²) in [6, 6.07) is 0. The van der Waals surface area contributed by atoms with Crippen molar-refractivity contribution in [1.82, 2.24) is 15.2 Å². The van der Waals surface area contributed by atoms with Crippen LogP contribution in [0.25, 0.3) is 0 Å². The van der Waals surface area contributed by atoms with Gasteiger partial charge in [0.25, 0.3) is 0 Å². The van der Waals surface area contributed by atoms with Crippen LogP contribution in [0.5, 0.6) is 0 Å². The van der Waals surface area contributed by atoms with Gasteiger partial charge in [-0.2, -0.15) is 15.2 Å². The molecule has 2 rings (SSSR count). The van der Waals surface area contributed by atoms with Crippen LogP contribution in [0.2, 0.25) is 0 Å².